The Hall–Kier alpha value is -1.18. The fraction of sp³-hybridized carbons (Fsp3) is 0.538. The van der Waals surface area contributed by atoms with Crippen molar-refractivity contribution in [1.29, 1.82) is 0 Å². The van der Waals surface area contributed by atoms with Crippen LogP contribution in [0.5, 0.6) is 0 Å². The van der Waals surface area contributed by atoms with E-state index in [9.17, 15) is 0 Å². The molecule has 2 unspecified atom stereocenters. The predicted molar refractivity (Wildman–Crippen MR) is 66.1 cm³/mol. The fourth-order valence-electron chi connectivity index (χ4n) is 1.98. The lowest BCUT2D eigenvalue weighted by Gasteiger charge is -2.20. The van der Waals surface area contributed by atoms with Crippen molar-refractivity contribution in [3.05, 3.63) is 23.8 Å². The van der Waals surface area contributed by atoms with Crippen LogP contribution in [0.15, 0.2) is 18.2 Å². The number of aryl methyl sites for hydroxylation is 1. The van der Waals surface area contributed by atoms with E-state index < -0.39 is 0 Å². The van der Waals surface area contributed by atoms with E-state index in [4.69, 9.17) is 5.73 Å². The Morgan fingerprint density at radius 3 is 2.67 bits per heavy atom. The zero-order valence-corrected chi connectivity index (χ0v) is 9.83. The van der Waals surface area contributed by atoms with Crippen LogP contribution >= 0.6 is 0 Å². The topological polar surface area (TPSA) is 29.3 Å². The van der Waals surface area contributed by atoms with Crippen LogP contribution in [-0.4, -0.2) is 13.6 Å². The predicted octanol–water partition coefficient (Wildman–Crippen LogP) is 2.67. The van der Waals surface area contributed by atoms with Crippen molar-refractivity contribution in [3.63, 3.8) is 0 Å². The lowest BCUT2D eigenvalue weighted by molar-refractivity contribution is 0.725. The van der Waals surface area contributed by atoms with Gasteiger partial charge in [-0.15, -0.1) is 0 Å². The molecule has 0 spiro atoms. The molecule has 1 aromatic carbocycles. The van der Waals surface area contributed by atoms with E-state index in [1.165, 1.54) is 12.1 Å². The van der Waals surface area contributed by atoms with E-state index >= 15 is 0 Å². The van der Waals surface area contributed by atoms with E-state index in [2.05, 4.69) is 37.1 Å². The number of anilines is 2. The van der Waals surface area contributed by atoms with Gasteiger partial charge >= 0.3 is 0 Å². The van der Waals surface area contributed by atoms with Gasteiger partial charge in [0.2, 0.25) is 0 Å². The largest absolute Gasteiger partial charge is 0.398 e. The number of nitrogens with two attached hydrogens (primary N) is 1. The molecule has 1 aliphatic carbocycles. The van der Waals surface area contributed by atoms with E-state index in [-0.39, 0.29) is 0 Å². The highest BCUT2D eigenvalue weighted by molar-refractivity contribution is 5.59. The van der Waals surface area contributed by atoms with Crippen LogP contribution in [0, 0.1) is 18.8 Å². The number of hydrogen-bond acceptors (Lipinski definition) is 2. The van der Waals surface area contributed by atoms with Crippen molar-refractivity contribution >= 4 is 11.4 Å². The van der Waals surface area contributed by atoms with Gasteiger partial charge in [-0.1, -0.05) is 13.0 Å². The second-order valence-corrected chi connectivity index (χ2v) is 4.89. The van der Waals surface area contributed by atoms with E-state index in [0.717, 1.165) is 29.6 Å². The summed E-state index contributed by atoms with van der Waals surface area (Å²) in [5.74, 6) is 1.80. The number of benzene rings is 1. The first-order chi connectivity index (χ1) is 7.08. The maximum atomic E-state index is 5.91. The molecular weight excluding hydrogens is 184 g/mol. The Balaban J connectivity index is 2.04. The first-order valence-corrected chi connectivity index (χ1v) is 5.65. The smallest absolute Gasteiger partial charge is 0.0384 e. The number of rotatable bonds is 3. The van der Waals surface area contributed by atoms with Crippen molar-refractivity contribution in [3.8, 4) is 0 Å². The van der Waals surface area contributed by atoms with Gasteiger partial charge in [0.05, 0.1) is 0 Å². The second kappa shape index (κ2) is 3.76. The molecule has 82 valence electrons. The normalized spacial score (nSPS) is 23.9. The molecule has 0 heterocycles. The minimum Gasteiger partial charge on any atom is -0.398 e. The van der Waals surface area contributed by atoms with Crippen LogP contribution in [0.4, 0.5) is 11.4 Å². The Bertz CT molecular complexity index is 360. The minimum atomic E-state index is 0.887. The van der Waals surface area contributed by atoms with Crippen molar-refractivity contribution in [2.45, 2.75) is 20.3 Å². The molecular formula is C13H20N2. The molecule has 0 radical (unpaired) electrons. The summed E-state index contributed by atoms with van der Waals surface area (Å²) in [4.78, 5) is 2.31. The van der Waals surface area contributed by atoms with Gasteiger partial charge in [0.25, 0.3) is 0 Å². The summed E-state index contributed by atoms with van der Waals surface area (Å²) in [5.41, 5.74) is 9.19. The van der Waals surface area contributed by atoms with E-state index in [0.29, 0.717) is 0 Å². The van der Waals surface area contributed by atoms with Gasteiger partial charge in [0.1, 0.15) is 0 Å². The average molecular weight is 204 g/mol. The lowest BCUT2D eigenvalue weighted by Crippen LogP contribution is -2.20. The van der Waals surface area contributed by atoms with Gasteiger partial charge in [0.15, 0.2) is 0 Å². The molecule has 1 aliphatic rings. The summed E-state index contributed by atoms with van der Waals surface area (Å²) < 4.78 is 0. The van der Waals surface area contributed by atoms with Gasteiger partial charge in [-0.3, -0.25) is 0 Å². The maximum Gasteiger partial charge on any atom is 0.0384 e. The molecule has 1 saturated carbocycles. The Morgan fingerprint density at radius 1 is 1.47 bits per heavy atom. The SMILES string of the molecule is Cc1ccc(N(C)CC2CC2C)cc1N. The second-order valence-electron chi connectivity index (χ2n) is 4.89. The third kappa shape index (κ3) is 2.25. The van der Waals surface area contributed by atoms with Crippen molar-refractivity contribution in [2.24, 2.45) is 11.8 Å². The highest BCUT2D eigenvalue weighted by atomic mass is 15.1. The number of hydrogen-bond donors (Lipinski definition) is 1. The fourth-order valence-corrected chi connectivity index (χ4v) is 1.98. The summed E-state index contributed by atoms with van der Waals surface area (Å²) in [5, 5.41) is 0. The monoisotopic (exact) mass is 204 g/mol. The van der Waals surface area contributed by atoms with Crippen LogP contribution in [-0.2, 0) is 0 Å². The summed E-state index contributed by atoms with van der Waals surface area (Å²) >= 11 is 0. The van der Waals surface area contributed by atoms with Gasteiger partial charge < -0.3 is 10.6 Å². The summed E-state index contributed by atoms with van der Waals surface area (Å²) in [6.45, 7) is 5.52. The third-order valence-corrected chi connectivity index (χ3v) is 3.49. The molecule has 15 heavy (non-hydrogen) atoms. The summed E-state index contributed by atoms with van der Waals surface area (Å²) in [7, 11) is 2.15. The van der Waals surface area contributed by atoms with E-state index in [1.807, 2.05) is 6.92 Å². The highest BCUT2D eigenvalue weighted by Crippen LogP contribution is 2.38. The molecule has 2 N–H and O–H groups in total. The van der Waals surface area contributed by atoms with Gasteiger partial charge in [-0.2, -0.15) is 0 Å². The first-order valence-electron chi connectivity index (χ1n) is 5.65. The molecule has 2 rings (SSSR count). The molecule has 0 bridgehead atoms. The Kier molecular flexibility index (Phi) is 2.59. The van der Waals surface area contributed by atoms with E-state index in [1.54, 1.807) is 0 Å². The van der Waals surface area contributed by atoms with Crippen LogP contribution in [0.2, 0.25) is 0 Å². The standard InChI is InChI=1S/C13H20N2/c1-9-4-5-12(7-13(9)14)15(3)8-11-6-10(11)2/h4-5,7,10-11H,6,8,14H2,1-3H3. The minimum absolute atomic E-state index is 0.887. The van der Waals surface area contributed by atoms with Crippen LogP contribution in [0.25, 0.3) is 0 Å². The summed E-state index contributed by atoms with van der Waals surface area (Å²) in [6, 6.07) is 6.32. The highest BCUT2D eigenvalue weighted by Gasteiger charge is 2.33. The van der Waals surface area contributed by atoms with Crippen molar-refractivity contribution in [2.75, 3.05) is 24.2 Å². The molecule has 0 aliphatic heterocycles. The third-order valence-electron chi connectivity index (χ3n) is 3.49. The molecule has 1 aromatic rings. The average Bonchev–Trinajstić information content (AvgIpc) is 2.86. The van der Waals surface area contributed by atoms with Crippen molar-refractivity contribution < 1.29 is 0 Å². The maximum absolute atomic E-state index is 5.91. The Morgan fingerprint density at radius 2 is 2.13 bits per heavy atom. The van der Waals surface area contributed by atoms with Crippen molar-refractivity contribution in [1.82, 2.24) is 0 Å². The number of nitrogen functional groups attached to an aromatic ring is 1. The molecule has 2 heteroatoms. The van der Waals surface area contributed by atoms with Crippen LogP contribution in [0.3, 0.4) is 0 Å². The first kappa shape index (κ1) is 10.3. The lowest BCUT2D eigenvalue weighted by atomic mass is 10.1. The van der Waals surface area contributed by atoms with Gasteiger partial charge in [0, 0.05) is 25.0 Å². The number of nitrogens with zero attached hydrogens (tertiary/aromatic N) is 1. The van der Waals surface area contributed by atoms with Crippen LogP contribution in [0.1, 0.15) is 18.9 Å². The molecule has 0 aromatic heterocycles. The molecule has 0 amide bonds. The molecule has 2 nitrogen and oxygen atoms in total. The Labute approximate surface area is 92.1 Å². The zero-order chi connectivity index (χ0) is 11.0. The quantitative estimate of drug-likeness (QED) is 0.767. The molecule has 1 fully saturated rings. The van der Waals surface area contributed by atoms with Crippen LogP contribution < -0.4 is 10.6 Å². The van der Waals surface area contributed by atoms with Gasteiger partial charge in [-0.25, -0.2) is 0 Å². The molecule has 0 saturated heterocycles. The molecule has 2 atom stereocenters. The zero-order valence-electron chi connectivity index (χ0n) is 9.83. The van der Waals surface area contributed by atoms with Gasteiger partial charge in [-0.05, 0) is 42.9 Å². The summed E-state index contributed by atoms with van der Waals surface area (Å²) in [6.07, 6.45) is 1.38.